The van der Waals surface area contributed by atoms with Crippen molar-refractivity contribution in [3.05, 3.63) is 70.0 Å². The molecule has 0 bridgehead atoms. The molecule has 0 aliphatic carbocycles. The Labute approximate surface area is 148 Å². The number of nitrogens with one attached hydrogen (secondary N) is 2. The van der Waals surface area contributed by atoms with Gasteiger partial charge in [0.25, 0.3) is 0 Å². The summed E-state index contributed by atoms with van der Waals surface area (Å²) < 4.78 is 12.8. The Kier molecular flexibility index (Phi) is 6.10. The lowest BCUT2D eigenvalue weighted by molar-refractivity contribution is -0.115. The molecule has 2 aromatic carbocycles. The first-order chi connectivity index (χ1) is 10.9. The summed E-state index contributed by atoms with van der Waals surface area (Å²) in [7, 11) is 0. The Morgan fingerprint density at radius 2 is 1.83 bits per heavy atom. The molecule has 2 N–H and O–H groups in total. The molecular weight excluding hydrogens is 358 g/mol. The van der Waals surface area contributed by atoms with Crippen LogP contribution in [0.15, 0.2) is 48.5 Å². The summed E-state index contributed by atoms with van der Waals surface area (Å²) in [5.41, 5.74) is 1.19. The number of hydrogen-bond donors (Lipinski definition) is 2. The van der Waals surface area contributed by atoms with E-state index in [1.165, 1.54) is 18.2 Å². The van der Waals surface area contributed by atoms with Gasteiger partial charge < -0.3 is 5.32 Å². The van der Waals surface area contributed by atoms with Crippen molar-refractivity contribution in [2.45, 2.75) is 0 Å². The van der Waals surface area contributed by atoms with Crippen LogP contribution in [0.2, 0.25) is 10.0 Å². The topological polar surface area (TPSA) is 41.1 Å². The second-order valence-electron chi connectivity index (χ2n) is 4.45. The molecule has 0 atom stereocenters. The third kappa shape index (κ3) is 5.63. The predicted octanol–water partition coefficient (Wildman–Crippen LogP) is 4.66. The van der Waals surface area contributed by atoms with E-state index >= 15 is 0 Å². The first kappa shape index (κ1) is 17.4. The number of halogens is 3. The van der Waals surface area contributed by atoms with Crippen LogP contribution in [0.1, 0.15) is 5.56 Å². The van der Waals surface area contributed by atoms with Gasteiger partial charge in [0, 0.05) is 11.1 Å². The number of carbonyl (C=O) groups excluding carboxylic acids is 1. The third-order valence-corrected chi connectivity index (χ3v) is 3.48. The maximum absolute atomic E-state index is 12.8. The molecule has 2 rings (SSSR count). The van der Waals surface area contributed by atoms with Crippen molar-refractivity contribution in [2.75, 3.05) is 5.32 Å². The van der Waals surface area contributed by atoms with Crippen LogP contribution in [0.4, 0.5) is 10.1 Å². The number of hydrogen-bond acceptors (Lipinski definition) is 2. The van der Waals surface area contributed by atoms with Gasteiger partial charge in [0.05, 0.1) is 10.7 Å². The fourth-order valence-electron chi connectivity index (χ4n) is 1.65. The highest BCUT2D eigenvalue weighted by molar-refractivity contribution is 7.80. The zero-order valence-electron chi connectivity index (χ0n) is 11.6. The molecule has 3 nitrogen and oxygen atoms in total. The molecule has 0 heterocycles. The normalized spacial score (nSPS) is 10.6. The van der Waals surface area contributed by atoms with Crippen LogP contribution in [0, 0.1) is 5.82 Å². The van der Waals surface area contributed by atoms with E-state index in [-0.39, 0.29) is 10.9 Å². The zero-order valence-corrected chi connectivity index (χ0v) is 14.0. The Morgan fingerprint density at radius 3 is 2.52 bits per heavy atom. The lowest BCUT2D eigenvalue weighted by Crippen LogP contribution is -2.32. The Hall–Kier alpha value is -1.95. The van der Waals surface area contributed by atoms with Gasteiger partial charge in [0.15, 0.2) is 5.11 Å². The number of amides is 1. The molecule has 0 aliphatic heterocycles. The minimum absolute atomic E-state index is 0.0860. The van der Waals surface area contributed by atoms with E-state index in [4.69, 9.17) is 35.4 Å². The van der Waals surface area contributed by atoms with E-state index < -0.39 is 5.91 Å². The number of benzene rings is 2. The van der Waals surface area contributed by atoms with Crippen molar-refractivity contribution >= 4 is 58.2 Å². The summed E-state index contributed by atoms with van der Waals surface area (Å²) in [5.74, 6) is -0.764. The van der Waals surface area contributed by atoms with Gasteiger partial charge >= 0.3 is 0 Å². The molecule has 0 radical (unpaired) electrons. The Bertz CT molecular complexity index is 763. The number of anilines is 1. The van der Waals surface area contributed by atoms with E-state index in [1.807, 2.05) is 0 Å². The van der Waals surface area contributed by atoms with Gasteiger partial charge in [-0.25, -0.2) is 4.39 Å². The van der Waals surface area contributed by atoms with Gasteiger partial charge in [0.1, 0.15) is 5.82 Å². The summed E-state index contributed by atoms with van der Waals surface area (Å²) >= 11 is 16.9. The Morgan fingerprint density at radius 1 is 1.13 bits per heavy atom. The highest BCUT2D eigenvalue weighted by Gasteiger charge is 2.05. The van der Waals surface area contributed by atoms with E-state index in [1.54, 1.807) is 36.4 Å². The molecule has 0 spiro atoms. The molecular formula is C16H11Cl2FN2OS. The second kappa shape index (κ2) is 8.06. The minimum Gasteiger partial charge on any atom is -0.331 e. The van der Waals surface area contributed by atoms with Crippen LogP contribution in [0.3, 0.4) is 0 Å². The third-order valence-electron chi connectivity index (χ3n) is 2.71. The van der Waals surface area contributed by atoms with E-state index in [2.05, 4.69) is 10.6 Å². The van der Waals surface area contributed by atoms with Gasteiger partial charge in [0.2, 0.25) is 5.91 Å². The summed E-state index contributed by atoms with van der Waals surface area (Å²) in [6.07, 6.45) is 2.84. The largest absolute Gasteiger partial charge is 0.331 e. The summed E-state index contributed by atoms with van der Waals surface area (Å²) in [6, 6.07) is 10.6. The van der Waals surface area contributed by atoms with Crippen LogP contribution in [-0.2, 0) is 4.79 Å². The van der Waals surface area contributed by atoms with Gasteiger partial charge in [-0.2, -0.15) is 0 Å². The minimum atomic E-state index is -0.426. The first-order valence-electron chi connectivity index (χ1n) is 6.45. The molecule has 23 heavy (non-hydrogen) atoms. The molecule has 0 aromatic heterocycles. The zero-order chi connectivity index (χ0) is 16.8. The summed E-state index contributed by atoms with van der Waals surface area (Å²) in [5, 5.41) is 6.26. The average molecular weight is 369 g/mol. The van der Waals surface area contributed by atoms with Crippen molar-refractivity contribution in [3.63, 3.8) is 0 Å². The molecule has 0 saturated carbocycles. The van der Waals surface area contributed by atoms with Crippen LogP contribution in [0.5, 0.6) is 0 Å². The average Bonchev–Trinajstić information content (AvgIpc) is 2.50. The molecule has 118 valence electrons. The van der Waals surface area contributed by atoms with Gasteiger partial charge in [-0.05, 0) is 54.2 Å². The van der Waals surface area contributed by atoms with Crippen LogP contribution in [0.25, 0.3) is 6.08 Å². The van der Waals surface area contributed by atoms with Crippen molar-refractivity contribution in [1.82, 2.24) is 5.32 Å². The molecule has 0 unspecified atom stereocenters. The quantitative estimate of drug-likeness (QED) is 0.611. The van der Waals surface area contributed by atoms with Crippen LogP contribution >= 0.6 is 35.4 Å². The molecule has 7 heteroatoms. The monoisotopic (exact) mass is 368 g/mol. The maximum Gasteiger partial charge on any atom is 0.250 e. The highest BCUT2D eigenvalue weighted by atomic mass is 35.5. The van der Waals surface area contributed by atoms with Gasteiger partial charge in [-0.1, -0.05) is 35.3 Å². The number of thiocarbonyl (C=S) groups is 1. The second-order valence-corrected chi connectivity index (χ2v) is 5.70. The van der Waals surface area contributed by atoms with Crippen LogP contribution < -0.4 is 10.6 Å². The van der Waals surface area contributed by atoms with Crippen molar-refractivity contribution in [3.8, 4) is 0 Å². The molecule has 0 saturated heterocycles. The van der Waals surface area contributed by atoms with Crippen molar-refractivity contribution in [1.29, 1.82) is 0 Å². The summed E-state index contributed by atoms with van der Waals surface area (Å²) in [4.78, 5) is 11.8. The lowest BCUT2D eigenvalue weighted by Gasteiger charge is -2.10. The predicted molar refractivity (Wildman–Crippen MR) is 96.3 cm³/mol. The molecule has 2 aromatic rings. The molecule has 0 fully saturated rings. The lowest BCUT2D eigenvalue weighted by atomic mass is 10.2. The maximum atomic E-state index is 12.8. The smallest absolute Gasteiger partial charge is 0.250 e. The van der Waals surface area contributed by atoms with Crippen molar-refractivity contribution < 1.29 is 9.18 Å². The fourth-order valence-corrected chi connectivity index (χ4v) is 2.19. The SMILES string of the molecule is O=C(/C=C/c1ccc(F)cc1)NC(=S)Nc1cc(Cl)ccc1Cl. The van der Waals surface area contributed by atoms with Crippen molar-refractivity contribution in [2.24, 2.45) is 0 Å². The molecule has 0 aliphatic rings. The highest BCUT2D eigenvalue weighted by Crippen LogP contribution is 2.25. The summed E-state index contributed by atoms with van der Waals surface area (Å²) in [6.45, 7) is 0. The number of rotatable bonds is 3. The first-order valence-corrected chi connectivity index (χ1v) is 7.61. The van der Waals surface area contributed by atoms with Gasteiger partial charge in [-0.15, -0.1) is 0 Å². The Balaban J connectivity index is 1.93. The van der Waals surface area contributed by atoms with Gasteiger partial charge in [-0.3, -0.25) is 10.1 Å². The van der Waals surface area contributed by atoms with E-state index in [0.717, 1.165) is 0 Å². The molecule has 1 amide bonds. The number of carbonyl (C=O) groups is 1. The van der Waals surface area contributed by atoms with Crippen LogP contribution in [-0.4, -0.2) is 11.0 Å². The van der Waals surface area contributed by atoms with E-state index in [0.29, 0.717) is 21.3 Å². The standard InChI is InChI=1S/C16H11Cl2FN2OS/c17-11-4-7-13(18)14(9-11)20-16(23)21-15(22)8-3-10-1-5-12(19)6-2-10/h1-9H,(H2,20,21,22,23)/b8-3+. The fraction of sp³-hybridized carbons (Fsp3) is 0. The van der Waals surface area contributed by atoms with E-state index in [9.17, 15) is 9.18 Å².